The highest BCUT2D eigenvalue weighted by molar-refractivity contribution is 9.10. The number of amides is 1. The van der Waals surface area contributed by atoms with Gasteiger partial charge in [0.05, 0.1) is 21.4 Å². The van der Waals surface area contributed by atoms with Crippen molar-refractivity contribution in [1.29, 1.82) is 0 Å². The average molecular weight is 426 g/mol. The van der Waals surface area contributed by atoms with Crippen molar-refractivity contribution in [2.45, 2.75) is 0 Å². The number of nitrogens with one attached hydrogen (secondary N) is 1. The highest BCUT2D eigenvalue weighted by Crippen LogP contribution is 2.30. The fourth-order valence-electron chi connectivity index (χ4n) is 2.10. The Morgan fingerprint density at radius 2 is 1.83 bits per heavy atom. The Morgan fingerprint density at radius 1 is 1.04 bits per heavy atom. The van der Waals surface area contributed by atoms with Crippen LogP contribution in [0, 0.1) is 0 Å². The third-order valence-electron chi connectivity index (χ3n) is 3.30. The first kappa shape index (κ1) is 16.9. The van der Waals surface area contributed by atoms with Gasteiger partial charge in [-0.1, -0.05) is 39.1 Å². The molecule has 1 heterocycles. The third kappa shape index (κ3) is 3.59. The molecule has 4 nitrogen and oxygen atoms in total. The van der Waals surface area contributed by atoms with Crippen LogP contribution in [0.25, 0.3) is 11.3 Å². The lowest BCUT2D eigenvalue weighted by Gasteiger charge is -2.07. The van der Waals surface area contributed by atoms with Gasteiger partial charge in [0, 0.05) is 10.0 Å². The summed E-state index contributed by atoms with van der Waals surface area (Å²) in [4.78, 5) is 12.3. The van der Waals surface area contributed by atoms with Crippen molar-refractivity contribution < 1.29 is 9.21 Å². The maximum atomic E-state index is 12.3. The molecule has 0 aliphatic heterocycles. The second-order valence-electron chi connectivity index (χ2n) is 4.98. The molecule has 0 aliphatic rings. The largest absolute Gasteiger partial charge is 0.451 e. The van der Waals surface area contributed by atoms with Gasteiger partial charge in [0.1, 0.15) is 5.76 Å². The molecule has 0 unspecified atom stereocenters. The number of benzene rings is 2. The Kier molecular flexibility index (Phi) is 4.85. The molecule has 3 aromatic rings. The molecule has 0 saturated carbocycles. The lowest BCUT2D eigenvalue weighted by atomic mass is 10.2. The van der Waals surface area contributed by atoms with E-state index in [9.17, 15) is 4.79 Å². The molecule has 0 aliphatic carbocycles. The number of carbonyl (C=O) groups excluding carboxylic acids is 1. The fourth-order valence-corrected chi connectivity index (χ4v) is 2.77. The van der Waals surface area contributed by atoms with Crippen LogP contribution in [0.1, 0.15) is 10.6 Å². The molecule has 2 aromatic carbocycles. The molecule has 1 aromatic heterocycles. The Labute approximate surface area is 156 Å². The first-order valence-electron chi connectivity index (χ1n) is 6.85. The first-order chi connectivity index (χ1) is 11.4. The molecule has 1 amide bonds. The summed E-state index contributed by atoms with van der Waals surface area (Å²) in [6.45, 7) is 0. The smallest absolute Gasteiger partial charge is 0.291 e. The lowest BCUT2D eigenvalue weighted by Crippen LogP contribution is -2.12. The Bertz CT molecular complexity index is 925. The molecular weight excluding hydrogens is 415 g/mol. The number of rotatable bonds is 3. The Balaban J connectivity index is 1.82. The third-order valence-corrected chi connectivity index (χ3v) is 4.53. The quantitative estimate of drug-likeness (QED) is 0.517. The standard InChI is InChI=1S/C17H11BrCl2N2O2/c18-10-2-4-14(13(21)8-10)22-17(23)16-6-5-15(24-16)9-1-3-11(19)12(20)7-9/h1-8H,21H2,(H,22,23). The van der Waals surface area contributed by atoms with E-state index in [1.807, 2.05) is 0 Å². The van der Waals surface area contributed by atoms with Gasteiger partial charge in [-0.05, 0) is 48.5 Å². The molecule has 3 rings (SSSR count). The van der Waals surface area contributed by atoms with Gasteiger partial charge in [0.15, 0.2) is 5.76 Å². The van der Waals surface area contributed by atoms with E-state index in [-0.39, 0.29) is 5.76 Å². The van der Waals surface area contributed by atoms with Crippen LogP contribution in [0.15, 0.2) is 57.4 Å². The Morgan fingerprint density at radius 3 is 2.54 bits per heavy atom. The monoisotopic (exact) mass is 424 g/mol. The van der Waals surface area contributed by atoms with E-state index in [1.54, 1.807) is 48.5 Å². The van der Waals surface area contributed by atoms with E-state index >= 15 is 0 Å². The van der Waals surface area contributed by atoms with Gasteiger partial charge < -0.3 is 15.5 Å². The SMILES string of the molecule is Nc1cc(Br)ccc1NC(=O)c1ccc(-c2ccc(Cl)c(Cl)c2)o1. The van der Waals surface area contributed by atoms with Crippen LogP contribution in [-0.2, 0) is 0 Å². The van der Waals surface area contributed by atoms with Crippen LogP contribution >= 0.6 is 39.1 Å². The fraction of sp³-hybridized carbons (Fsp3) is 0. The first-order valence-corrected chi connectivity index (χ1v) is 8.40. The maximum Gasteiger partial charge on any atom is 0.291 e. The lowest BCUT2D eigenvalue weighted by molar-refractivity contribution is 0.0997. The zero-order valence-corrected chi connectivity index (χ0v) is 15.2. The molecule has 0 spiro atoms. The van der Waals surface area contributed by atoms with Crippen LogP contribution < -0.4 is 11.1 Å². The predicted molar refractivity (Wildman–Crippen MR) is 101 cm³/mol. The molecular formula is C17H11BrCl2N2O2. The summed E-state index contributed by atoms with van der Waals surface area (Å²) in [5, 5.41) is 3.58. The highest BCUT2D eigenvalue weighted by atomic mass is 79.9. The van der Waals surface area contributed by atoms with Gasteiger partial charge in [0.25, 0.3) is 5.91 Å². The van der Waals surface area contributed by atoms with Crippen molar-refractivity contribution in [1.82, 2.24) is 0 Å². The minimum absolute atomic E-state index is 0.165. The molecule has 0 saturated heterocycles. The maximum absolute atomic E-state index is 12.3. The summed E-state index contributed by atoms with van der Waals surface area (Å²) < 4.78 is 6.43. The van der Waals surface area contributed by atoms with Gasteiger partial charge >= 0.3 is 0 Å². The van der Waals surface area contributed by atoms with E-state index in [4.69, 9.17) is 33.4 Å². The molecule has 7 heteroatoms. The van der Waals surface area contributed by atoms with Crippen molar-refractivity contribution in [3.8, 4) is 11.3 Å². The second-order valence-corrected chi connectivity index (χ2v) is 6.71. The van der Waals surface area contributed by atoms with E-state index in [0.29, 0.717) is 27.2 Å². The minimum atomic E-state index is -0.393. The number of nitrogens with two attached hydrogens (primary N) is 1. The number of hydrogen-bond donors (Lipinski definition) is 2. The minimum Gasteiger partial charge on any atom is -0.451 e. The van der Waals surface area contributed by atoms with Crippen molar-refractivity contribution in [2.24, 2.45) is 0 Å². The topological polar surface area (TPSA) is 68.3 Å². The number of nitrogen functional groups attached to an aromatic ring is 1. The molecule has 0 radical (unpaired) electrons. The summed E-state index contributed by atoms with van der Waals surface area (Å²) in [7, 11) is 0. The predicted octanol–water partition coefficient (Wildman–Crippen LogP) is 5.85. The zero-order valence-electron chi connectivity index (χ0n) is 12.1. The second kappa shape index (κ2) is 6.89. The normalized spacial score (nSPS) is 10.6. The molecule has 0 fully saturated rings. The molecule has 0 bridgehead atoms. The number of anilines is 2. The van der Waals surface area contributed by atoms with Crippen molar-refractivity contribution in [3.05, 3.63) is 68.8 Å². The highest BCUT2D eigenvalue weighted by Gasteiger charge is 2.14. The van der Waals surface area contributed by atoms with Crippen molar-refractivity contribution >= 4 is 56.4 Å². The van der Waals surface area contributed by atoms with Gasteiger partial charge in [-0.2, -0.15) is 0 Å². The zero-order chi connectivity index (χ0) is 17.3. The van der Waals surface area contributed by atoms with E-state index < -0.39 is 5.91 Å². The average Bonchev–Trinajstić information content (AvgIpc) is 3.03. The summed E-state index contributed by atoms with van der Waals surface area (Å²) in [5.74, 6) is 0.288. The number of halogens is 3. The number of hydrogen-bond acceptors (Lipinski definition) is 3. The van der Waals surface area contributed by atoms with Crippen LogP contribution in [0.2, 0.25) is 10.0 Å². The van der Waals surface area contributed by atoms with Gasteiger partial charge in [-0.3, -0.25) is 4.79 Å². The molecule has 122 valence electrons. The molecule has 24 heavy (non-hydrogen) atoms. The van der Waals surface area contributed by atoms with E-state index in [2.05, 4.69) is 21.2 Å². The Hall–Kier alpha value is -1.95. The van der Waals surface area contributed by atoms with Crippen molar-refractivity contribution in [2.75, 3.05) is 11.1 Å². The van der Waals surface area contributed by atoms with Crippen LogP contribution in [0.4, 0.5) is 11.4 Å². The summed E-state index contributed by atoms with van der Waals surface area (Å²) in [5.41, 5.74) is 7.56. The van der Waals surface area contributed by atoms with Crippen LogP contribution in [0.3, 0.4) is 0 Å². The van der Waals surface area contributed by atoms with E-state index in [0.717, 1.165) is 10.0 Å². The van der Waals surface area contributed by atoms with Crippen molar-refractivity contribution in [3.63, 3.8) is 0 Å². The van der Waals surface area contributed by atoms with Crippen LogP contribution in [0.5, 0.6) is 0 Å². The van der Waals surface area contributed by atoms with Gasteiger partial charge in [0.2, 0.25) is 0 Å². The summed E-state index contributed by atoms with van der Waals surface area (Å²) >= 11 is 15.2. The number of furan rings is 1. The number of carbonyl (C=O) groups is 1. The van der Waals surface area contributed by atoms with Gasteiger partial charge in [-0.25, -0.2) is 0 Å². The molecule has 3 N–H and O–H groups in total. The van der Waals surface area contributed by atoms with Gasteiger partial charge in [-0.15, -0.1) is 0 Å². The van der Waals surface area contributed by atoms with E-state index in [1.165, 1.54) is 0 Å². The summed E-state index contributed by atoms with van der Waals surface area (Å²) in [6.07, 6.45) is 0. The van der Waals surface area contributed by atoms with Crippen LogP contribution in [-0.4, -0.2) is 5.91 Å². The molecule has 0 atom stereocenters. The summed E-state index contributed by atoms with van der Waals surface area (Å²) in [6, 6.07) is 13.6.